The molecule has 1 N–H and O–H groups in total. The molecule has 0 amide bonds. The molecule has 0 saturated heterocycles. The van der Waals surface area contributed by atoms with Gasteiger partial charge in [-0.1, -0.05) is 26.0 Å². The van der Waals surface area contributed by atoms with Gasteiger partial charge >= 0.3 is 5.97 Å². The first-order valence-electron chi connectivity index (χ1n) is 5.90. The normalized spacial score (nSPS) is 11.0. The van der Waals surface area contributed by atoms with E-state index in [2.05, 4.69) is 4.98 Å². The fourth-order valence-corrected chi connectivity index (χ4v) is 2.71. The van der Waals surface area contributed by atoms with E-state index in [-0.39, 0.29) is 17.4 Å². The number of aromatic nitrogens is 1. The molecule has 0 aliphatic carbocycles. The van der Waals surface area contributed by atoms with Crippen LogP contribution in [-0.2, 0) is 0 Å². The maximum absolute atomic E-state index is 13.6. The number of aryl methyl sites for hydroxylation is 1. The van der Waals surface area contributed by atoms with Crippen molar-refractivity contribution in [2.75, 3.05) is 0 Å². The van der Waals surface area contributed by atoms with Gasteiger partial charge in [0.25, 0.3) is 0 Å². The summed E-state index contributed by atoms with van der Waals surface area (Å²) in [5, 5.41) is 9.94. The molecular formula is C14H14FNO2S. The first kappa shape index (κ1) is 13.7. The number of carboxylic acid groups (broad SMARTS) is 1. The van der Waals surface area contributed by atoms with Crippen molar-refractivity contribution < 1.29 is 14.3 Å². The van der Waals surface area contributed by atoms with E-state index in [1.54, 1.807) is 19.1 Å². The van der Waals surface area contributed by atoms with Crippen molar-refractivity contribution >= 4 is 17.3 Å². The van der Waals surface area contributed by atoms with Crippen LogP contribution in [0.3, 0.4) is 0 Å². The van der Waals surface area contributed by atoms with Gasteiger partial charge in [0.05, 0.1) is 9.88 Å². The summed E-state index contributed by atoms with van der Waals surface area (Å²) in [6.45, 7) is 5.57. The Morgan fingerprint density at radius 1 is 1.42 bits per heavy atom. The Morgan fingerprint density at radius 3 is 2.63 bits per heavy atom. The van der Waals surface area contributed by atoms with E-state index in [9.17, 15) is 14.3 Å². The maximum atomic E-state index is 13.6. The first-order chi connectivity index (χ1) is 8.90. The second kappa shape index (κ2) is 5.09. The van der Waals surface area contributed by atoms with Gasteiger partial charge in [-0.2, -0.15) is 0 Å². The summed E-state index contributed by atoms with van der Waals surface area (Å²) >= 11 is 1.30. The average Bonchev–Trinajstić information content (AvgIpc) is 2.78. The Bertz CT molecular complexity index is 634. The summed E-state index contributed by atoms with van der Waals surface area (Å²) < 4.78 is 13.6. The molecule has 3 nitrogen and oxygen atoms in total. The molecule has 2 aromatic rings. The Kier molecular flexibility index (Phi) is 3.66. The second-order valence-electron chi connectivity index (χ2n) is 4.65. The Balaban J connectivity index is 2.59. The zero-order chi connectivity index (χ0) is 14.2. The summed E-state index contributed by atoms with van der Waals surface area (Å²) in [6, 6.07) is 4.73. The largest absolute Gasteiger partial charge is 0.476 e. The Labute approximate surface area is 114 Å². The van der Waals surface area contributed by atoms with Gasteiger partial charge in [-0.15, -0.1) is 11.3 Å². The maximum Gasteiger partial charge on any atom is 0.356 e. The van der Waals surface area contributed by atoms with Gasteiger partial charge in [0.15, 0.2) is 5.69 Å². The molecule has 0 spiro atoms. The number of benzene rings is 1. The monoisotopic (exact) mass is 279 g/mol. The molecule has 0 saturated carbocycles. The van der Waals surface area contributed by atoms with E-state index in [1.165, 1.54) is 17.4 Å². The molecule has 0 aliphatic heterocycles. The van der Waals surface area contributed by atoms with Crippen LogP contribution in [-0.4, -0.2) is 16.1 Å². The SMILES string of the molecule is Cc1ccc(-c2sc(C(C)C)nc2C(=O)O)cc1F. The van der Waals surface area contributed by atoms with Crippen LogP contribution in [0.4, 0.5) is 4.39 Å². The van der Waals surface area contributed by atoms with Crippen LogP contribution in [0.5, 0.6) is 0 Å². The number of halogens is 1. The fraction of sp³-hybridized carbons (Fsp3) is 0.286. The van der Waals surface area contributed by atoms with Gasteiger partial charge in [-0.25, -0.2) is 14.2 Å². The summed E-state index contributed by atoms with van der Waals surface area (Å²) in [5.41, 5.74) is 1.09. The summed E-state index contributed by atoms with van der Waals surface area (Å²) in [6.07, 6.45) is 0. The van der Waals surface area contributed by atoms with Crippen LogP contribution in [0, 0.1) is 12.7 Å². The quantitative estimate of drug-likeness (QED) is 0.921. The average molecular weight is 279 g/mol. The van der Waals surface area contributed by atoms with Crippen LogP contribution >= 0.6 is 11.3 Å². The van der Waals surface area contributed by atoms with Crippen LogP contribution in [0.15, 0.2) is 18.2 Å². The van der Waals surface area contributed by atoms with Gasteiger partial charge in [-0.3, -0.25) is 0 Å². The number of thiazole rings is 1. The van der Waals surface area contributed by atoms with Gasteiger partial charge in [0, 0.05) is 5.92 Å². The number of rotatable bonds is 3. The number of carboxylic acids is 1. The zero-order valence-corrected chi connectivity index (χ0v) is 11.7. The van der Waals surface area contributed by atoms with E-state index in [0.717, 1.165) is 5.01 Å². The highest BCUT2D eigenvalue weighted by molar-refractivity contribution is 7.15. The third-order valence-corrected chi connectivity index (χ3v) is 4.18. The molecule has 1 aromatic heterocycles. The molecular weight excluding hydrogens is 265 g/mol. The summed E-state index contributed by atoms with van der Waals surface area (Å²) in [5.74, 6) is -1.28. The predicted molar refractivity (Wildman–Crippen MR) is 73.3 cm³/mol. The van der Waals surface area contributed by atoms with Crippen molar-refractivity contribution in [2.45, 2.75) is 26.7 Å². The molecule has 0 fully saturated rings. The molecule has 5 heteroatoms. The Morgan fingerprint density at radius 2 is 2.11 bits per heavy atom. The number of hydrogen-bond acceptors (Lipinski definition) is 3. The van der Waals surface area contributed by atoms with E-state index in [1.807, 2.05) is 13.8 Å². The van der Waals surface area contributed by atoms with Gasteiger partial charge in [0.1, 0.15) is 5.82 Å². The highest BCUT2D eigenvalue weighted by atomic mass is 32.1. The minimum absolute atomic E-state index is 0.00282. The van der Waals surface area contributed by atoms with Crippen molar-refractivity contribution in [3.05, 3.63) is 40.3 Å². The molecule has 19 heavy (non-hydrogen) atoms. The van der Waals surface area contributed by atoms with Gasteiger partial charge < -0.3 is 5.11 Å². The molecule has 1 aromatic carbocycles. The lowest BCUT2D eigenvalue weighted by atomic mass is 10.1. The lowest BCUT2D eigenvalue weighted by molar-refractivity contribution is 0.0692. The highest BCUT2D eigenvalue weighted by Gasteiger charge is 2.20. The van der Waals surface area contributed by atoms with E-state index in [0.29, 0.717) is 16.0 Å². The lowest BCUT2D eigenvalue weighted by Gasteiger charge is -2.01. The molecule has 2 rings (SSSR count). The first-order valence-corrected chi connectivity index (χ1v) is 6.72. The molecule has 0 aliphatic rings. The third kappa shape index (κ3) is 2.66. The number of aromatic carboxylic acids is 1. The van der Waals surface area contributed by atoms with Crippen molar-refractivity contribution in [1.82, 2.24) is 4.98 Å². The van der Waals surface area contributed by atoms with Crippen molar-refractivity contribution in [3.63, 3.8) is 0 Å². The minimum atomic E-state index is -1.08. The molecule has 0 unspecified atom stereocenters. The number of nitrogens with zero attached hydrogens (tertiary/aromatic N) is 1. The summed E-state index contributed by atoms with van der Waals surface area (Å²) in [7, 11) is 0. The van der Waals surface area contributed by atoms with Crippen molar-refractivity contribution in [3.8, 4) is 10.4 Å². The van der Waals surface area contributed by atoms with Crippen LogP contribution < -0.4 is 0 Å². The third-order valence-electron chi connectivity index (χ3n) is 2.77. The zero-order valence-electron chi connectivity index (χ0n) is 10.9. The van der Waals surface area contributed by atoms with Crippen LogP contribution in [0.2, 0.25) is 0 Å². The lowest BCUT2D eigenvalue weighted by Crippen LogP contribution is -1.99. The van der Waals surface area contributed by atoms with E-state index in [4.69, 9.17) is 0 Å². The van der Waals surface area contributed by atoms with E-state index < -0.39 is 5.97 Å². The molecule has 0 bridgehead atoms. The van der Waals surface area contributed by atoms with E-state index >= 15 is 0 Å². The van der Waals surface area contributed by atoms with Crippen LogP contribution in [0.1, 0.15) is 40.8 Å². The smallest absolute Gasteiger partial charge is 0.356 e. The standard InChI is InChI=1S/C14H14FNO2S/c1-7(2)13-16-11(14(17)18)12(19-13)9-5-4-8(3)10(15)6-9/h4-7H,1-3H3,(H,17,18). The topological polar surface area (TPSA) is 50.2 Å². The number of hydrogen-bond donors (Lipinski definition) is 1. The molecule has 100 valence electrons. The fourth-order valence-electron chi connectivity index (χ4n) is 1.66. The van der Waals surface area contributed by atoms with Gasteiger partial charge in [0.2, 0.25) is 0 Å². The predicted octanol–water partition coefficient (Wildman–Crippen LogP) is 4.08. The number of carbonyl (C=O) groups is 1. The molecule has 0 radical (unpaired) electrons. The van der Waals surface area contributed by atoms with Gasteiger partial charge in [-0.05, 0) is 24.1 Å². The Hall–Kier alpha value is -1.75. The highest BCUT2D eigenvalue weighted by Crippen LogP contribution is 2.34. The second-order valence-corrected chi connectivity index (χ2v) is 5.68. The molecule has 1 heterocycles. The van der Waals surface area contributed by atoms with Crippen molar-refractivity contribution in [2.24, 2.45) is 0 Å². The minimum Gasteiger partial charge on any atom is -0.476 e. The van der Waals surface area contributed by atoms with Crippen LogP contribution in [0.25, 0.3) is 10.4 Å². The van der Waals surface area contributed by atoms with Crippen molar-refractivity contribution in [1.29, 1.82) is 0 Å². The summed E-state index contributed by atoms with van der Waals surface area (Å²) in [4.78, 5) is 15.9. The molecule has 0 atom stereocenters.